The monoisotopic (exact) mass is 179 g/mol. The van der Waals surface area contributed by atoms with Crippen molar-refractivity contribution in [2.75, 3.05) is 0 Å². The van der Waals surface area contributed by atoms with Crippen molar-refractivity contribution < 1.29 is 9.59 Å². The van der Waals surface area contributed by atoms with E-state index in [-0.39, 0.29) is 23.7 Å². The van der Waals surface area contributed by atoms with Crippen molar-refractivity contribution in [2.24, 2.45) is 17.8 Å². The Labute approximate surface area is 77.2 Å². The second-order valence-electron chi connectivity index (χ2n) is 3.87. The number of imide groups is 1. The molecule has 3 nitrogen and oxygen atoms in total. The molecule has 0 bridgehead atoms. The van der Waals surface area contributed by atoms with Gasteiger partial charge >= 0.3 is 0 Å². The highest BCUT2D eigenvalue weighted by Gasteiger charge is 2.42. The lowest BCUT2D eigenvalue weighted by Gasteiger charge is -2.00. The van der Waals surface area contributed by atoms with Gasteiger partial charge in [0.2, 0.25) is 11.8 Å². The van der Waals surface area contributed by atoms with Crippen LogP contribution in [0.5, 0.6) is 0 Å². The Morgan fingerprint density at radius 3 is 2.46 bits per heavy atom. The first kappa shape index (κ1) is 8.48. The van der Waals surface area contributed by atoms with Crippen LogP contribution >= 0.6 is 0 Å². The average Bonchev–Trinajstić information content (AvgIpc) is 2.98. The van der Waals surface area contributed by atoms with E-state index in [1.807, 2.05) is 0 Å². The normalized spacial score (nSPS) is 30.8. The first-order chi connectivity index (χ1) is 6.22. The molecular formula is C10H13NO2. The summed E-state index contributed by atoms with van der Waals surface area (Å²) in [5, 5.41) is 2.44. The molecule has 2 amide bonds. The van der Waals surface area contributed by atoms with Crippen molar-refractivity contribution >= 4 is 11.8 Å². The molecule has 1 N–H and O–H groups in total. The molecule has 2 aliphatic rings. The van der Waals surface area contributed by atoms with Crippen LogP contribution in [0, 0.1) is 17.8 Å². The van der Waals surface area contributed by atoms with Crippen LogP contribution in [0.1, 0.15) is 19.3 Å². The van der Waals surface area contributed by atoms with E-state index in [4.69, 9.17) is 0 Å². The van der Waals surface area contributed by atoms with Crippen LogP contribution in [0.15, 0.2) is 12.7 Å². The smallest absolute Gasteiger partial charge is 0.230 e. The summed E-state index contributed by atoms with van der Waals surface area (Å²) in [4.78, 5) is 22.5. The molecule has 0 aliphatic heterocycles. The second kappa shape index (κ2) is 2.98. The summed E-state index contributed by atoms with van der Waals surface area (Å²) >= 11 is 0. The molecule has 3 heteroatoms. The number of hydrogen-bond donors (Lipinski definition) is 1. The van der Waals surface area contributed by atoms with Crippen LogP contribution in [-0.2, 0) is 9.59 Å². The molecule has 2 saturated carbocycles. The number of nitrogens with one attached hydrogen (secondary N) is 1. The number of carbonyl (C=O) groups is 2. The minimum Gasteiger partial charge on any atom is -0.296 e. The fourth-order valence-electron chi connectivity index (χ4n) is 1.44. The lowest BCUT2D eigenvalue weighted by Crippen LogP contribution is -2.33. The lowest BCUT2D eigenvalue weighted by atomic mass is 10.3. The maximum atomic E-state index is 11.3. The van der Waals surface area contributed by atoms with Crippen LogP contribution in [0.2, 0.25) is 0 Å². The third kappa shape index (κ3) is 1.79. The minimum absolute atomic E-state index is 0.0141. The van der Waals surface area contributed by atoms with Gasteiger partial charge < -0.3 is 0 Å². The van der Waals surface area contributed by atoms with Crippen LogP contribution < -0.4 is 5.32 Å². The molecular weight excluding hydrogens is 166 g/mol. The first-order valence-electron chi connectivity index (χ1n) is 4.69. The summed E-state index contributed by atoms with van der Waals surface area (Å²) in [6, 6.07) is 0. The Morgan fingerprint density at radius 1 is 1.31 bits per heavy atom. The molecule has 2 fully saturated rings. The van der Waals surface area contributed by atoms with Gasteiger partial charge in [-0.15, -0.1) is 6.58 Å². The molecule has 13 heavy (non-hydrogen) atoms. The zero-order chi connectivity index (χ0) is 9.42. The van der Waals surface area contributed by atoms with Gasteiger partial charge in [0.05, 0.1) is 0 Å². The SMILES string of the molecule is C=CC1C[C@@H]1C(=O)NC(=O)C1CC1. The Kier molecular flexibility index (Phi) is 1.94. The molecule has 0 radical (unpaired) electrons. The highest BCUT2D eigenvalue weighted by atomic mass is 16.2. The summed E-state index contributed by atoms with van der Waals surface area (Å²) in [7, 11) is 0. The van der Waals surface area contributed by atoms with Crippen molar-refractivity contribution in [3.63, 3.8) is 0 Å². The van der Waals surface area contributed by atoms with E-state index >= 15 is 0 Å². The number of hydrogen-bond acceptors (Lipinski definition) is 2. The van der Waals surface area contributed by atoms with Gasteiger partial charge in [0.15, 0.2) is 0 Å². The number of amides is 2. The third-order valence-corrected chi connectivity index (χ3v) is 2.67. The predicted molar refractivity (Wildman–Crippen MR) is 47.7 cm³/mol. The van der Waals surface area contributed by atoms with E-state index in [0.29, 0.717) is 5.92 Å². The van der Waals surface area contributed by atoms with Crippen molar-refractivity contribution in [3.8, 4) is 0 Å². The molecule has 70 valence electrons. The molecule has 0 aromatic rings. The van der Waals surface area contributed by atoms with Crippen molar-refractivity contribution in [1.29, 1.82) is 0 Å². The maximum absolute atomic E-state index is 11.3. The third-order valence-electron chi connectivity index (χ3n) is 2.67. The van der Waals surface area contributed by atoms with Gasteiger partial charge in [-0.2, -0.15) is 0 Å². The maximum Gasteiger partial charge on any atom is 0.230 e. The summed E-state index contributed by atoms with van der Waals surface area (Å²) in [6.07, 6.45) is 4.52. The molecule has 2 aliphatic carbocycles. The molecule has 0 heterocycles. The van der Waals surface area contributed by atoms with Crippen LogP contribution in [-0.4, -0.2) is 11.8 Å². The largest absolute Gasteiger partial charge is 0.296 e. The predicted octanol–water partition coefficient (Wildman–Crippen LogP) is 0.861. The lowest BCUT2D eigenvalue weighted by molar-refractivity contribution is -0.131. The fraction of sp³-hybridized carbons (Fsp3) is 0.600. The number of allylic oxidation sites excluding steroid dienone is 1. The minimum atomic E-state index is -0.109. The molecule has 2 rings (SSSR count). The zero-order valence-corrected chi connectivity index (χ0v) is 7.45. The Balaban J connectivity index is 1.78. The summed E-state index contributed by atoms with van der Waals surface area (Å²) in [5.74, 6) is 0.235. The molecule has 0 aromatic heterocycles. The molecule has 2 atom stereocenters. The van der Waals surface area contributed by atoms with Crippen molar-refractivity contribution in [3.05, 3.63) is 12.7 Å². The van der Waals surface area contributed by atoms with E-state index in [9.17, 15) is 9.59 Å². The van der Waals surface area contributed by atoms with Gasteiger partial charge in [-0.25, -0.2) is 0 Å². The topological polar surface area (TPSA) is 46.2 Å². The van der Waals surface area contributed by atoms with Gasteiger partial charge in [-0.1, -0.05) is 6.08 Å². The quantitative estimate of drug-likeness (QED) is 0.516. The molecule has 0 saturated heterocycles. The summed E-state index contributed by atoms with van der Waals surface area (Å²) in [5.41, 5.74) is 0. The number of rotatable bonds is 3. The molecule has 0 aromatic carbocycles. The van der Waals surface area contributed by atoms with E-state index in [2.05, 4.69) is 11.9 Å². The Bertz CT molecular complexity index is 268. The van der Waals surface area contributed by atoms with Gasteiger partial charge in [0, 0.05) is 11.8 Å². The highest BCUT2D eigenvalue weighted by molar-refractivity contribution is 5.99. The summed E-state index contributed by atoms with van der Waals surface area (Å²) < 4.78 is 0. The number of carbonyl (C=O) groups excluding carboxylic acids is 2. The van der Waals surface area contributed by atoms with Crippen LogP contribution in [0.25, 0.3) is 0 Å². The summed E-state index contributed by atoms with van der Waals surface area (Å²) in [6.45, 7) is 3.62. The Morgan fingerprint density at radius 2 is 2.00 bits per heavy atom. The van der Waals surface area contributed by atoms with Crippen molar-refractivity contribution in [2.45, 2.75) is 19.3 Å². The molecule has 1 unspecified atom stereocenters. The van der Waals surface area contributed by atoms with E-state index < -0.39 is 0 Å². The Hall–Kier alpha value is -1.12. The second-order valence-corrected chi connectivity index (χ2v) is 3.87. The van der Waals surface area contributed by atoms with Gasteiger partial charge in [-0.3, -0.25) is 14.9 Å². The van der Waals surface area contributed by atoms with E-state index in [0.717, 1.165) is 19.3 Å². The van der Waals surface area contributed by atoms with Gasteiger partial charge in [-0.05, 0) is 25.2 Å². The fourth-order valence-corrected chi connectivity index (χ4v) is 1.44. The standard InChI is InChI=1S/C10H13NO2/c1-2-6-5-8(6)10(13)11-9(12)7-3-4-7/h2,6-8H,1,3-5H2,(H,11,12,13)/t6?,8-/m0/s1. The van der Waals surface area contributed by atoms with Crippen molar-refractivity contribution in [1.82, 2.24) is 5.32 Å². The van der Waals surface area contributed by atoms with Gasteiger partial charge in [0.25, 0.3) is 0 Å². The zero-order valence-electron chi connectivity index (χ0n) is 7.45. The van der Waals surface area contributed by atoms with Crippen LogP contribution in [0.4, 0.5) is 0 Å². The van der Waals surface area contributed by atoms with E-state index in [1.165, 1.54) is 0 Å². The highest BCUT2D eigenvalue weighted by Crippen LogP contribution is 2.39. The first-order valence-corrected chi connectivity index (χ1v) is 4.69. The van der Waals surface area contributed by atoms with Gasteiger partial charge in [0.1, 0.15) is 0 Å². The van der Waals surface area contributed by atoms with E-state index in [1.54, 1.807) is 6.08 Å². The molecule has 0 spiro atoms. The van der Waals surface area contributed by atoms with Crippen LogP contribution in [0.3, 0.4) is 0 Å². The average molecular weight is 179 g/mol.